The largest absolute Gasteiger partial charge is 0.480 e. The Labute approximate surface area is 116 Å². The van der Waals surface area contributed by atoms with Gasteiger partial charge in [0.15, 0.2) is 5.76 Å². The summed E-state index contributed by atoms with van der Waals surface area (Å²) < 4.78 is 5.01. The summed E-state index contributed by atoms with van der Waals surface area (Å²) in [6, 6.07) is 1.60. The molecule has 20 heavy (non-hydrogen) atoms. The minimum atomic E-state index is -0.844. The highest BCUT2D eigenvalue weighted by atomic mass is 16.5. The number of carbonyl (C=O) groups excluding carboxylic acids is 1. The second-order valence-corrected chi connectivity index (χ2v) is 4.75. The van der Waals surface area contributed by atoms with Crippen LogP contribution in [0.25, 0.3) is 0 Å². The number of nitrogens with one attached hydrogen (secondary N) is 1. The molecule has 1 aromatic rings. The maximum atomic E-state index is 11.9. The van der Waals surface area contributed by atoms with E-state index in [4.69, 9.17) is 9.63 Å². The van der Waals surface area contributed by atoms with Gasteiger partial charge < -0.3 is 19.8 Å². The molecule has 1 saturated heterocycles. The molecule has 2 heterocycles. The Balaban J connectivity index is 1.73. The standard InChI is InChI=1S/C12H18N4O4/c1-9-6-10(20-14-9)7-13-12(19)16-4-2-15(3-5-16)8-11(17)18/h6H,2-5,7-8H2,1H3,(H,13,19)(H,17,18). The van der Waals surface area contributed by atoms with Crippen molar-refractivity contribution < 1.29 is 19.2 Å². The van der Waals surface area contributed by atoms with Crippen LogP contribution in [0.5, 0.6) is 0 Å². The van der Waals surface area contributed by atoms with Crippen LogP contribution < -0.4 is 5.32 Å². The van der Waals surface area contributed by atoms with Crippen LogP contribution in [-0.4, -0.2) is 64.8 Å². The molecule has 2 rings (SSSR count). The van der Waals surface area contributed by atoms with Gasteiger partial charge in [0, 0.05) is 32.2 Å². The molecule has 2 N–H and O–H groups in total. The average molecular weight is 282 g/mol. The highest BCUT2D eigenvalue weighted by Gasteiger charge is 2.22. The molecule has 0 aromatic carbocycles. The molecule has 0 bridgehead atoms. The smallest absolute Gasteiger partial charge is 0.317 e. The van der Waals surface area contributed by atoms with Crippen LogP contribution in [0.4, 0.5) is 4.79 Å². The molecule has 0 atom stereocenters. The van der Waals surface area contributed by atoms with Gasteiger partial charge >= 0.3 is 12.0 Å². The van der Waals surface area contributed by atoms with Crippen molar-refractivity contribution in [1.82, 2.24) is 20.3 Å². The van der Waals surface area contributed by atoms with E-state index in [1.165, 1.54) is 0 Å². The molecule has 0 unspecified atom stereocenters. The molecule has 1 aliphatic rings. The molecule has 1 aromatic heterocycles. The minimum Gasteiger partial charge on any atom is -0.480 e. The van der Waals surface area contributed by atoms with Gasteiger partial charge in [-0.25, -0.2) is 4.79 Å². The Hall–Kier alpha value is -2.09. The highest BCUT2D eigenvalue weighted by molar-refractivity contribution is 5.74. The van der Waals surface area contributed by atoms with Crippen LogP contribution in [0.1, 0.15) is 11.5 Å². The summed E-state index contributed by atoms with van der Waals surface area (Å²) >= 11 is 0. The lowest BCUT2D eigenvalue weighted by Crippen LogP contribution is -2.52. The van der Waals surface area contributed by atoms with E-state index in [1.54, 1.807) is 11.0 Å². The van der Waals surface area contributed by atoms with Crippen LogP contribution in [-0.2, 0) is 11.3 Å². The lowest BCUT2D eigenvalue weighted by Gasteiger charge is -2.33. The zero-order valence-corrected chi connectivity index (χ0v) is 11.3. The van der Waals surface area contributed by atoms with Crippen LogP contribution >= 0.6 is 0 Å². The van der Waals surface area contributed by atoms with E-state index in [1.807, 2.05) is 11.8 Å². The maximum Gasteiger partial charge on any atom is 0.317 e. The number of hydrogen-bond donors (Lipinski definition) is 2. The Bertz CT molecular complexity index is 480. The molecule has 8 heteroatoms. The van der Waals surface area contributed by atoms with Gasteiger partial charge in [-0.3, -0.25) is 9.69 Å². The van der Waals surface area contributed by atoms with Gasteiger partial charge in [0.05, 0.1) is 18.8 Å². The van der Waals surface area contributed by atoms with Crippen LogP contribution in [0.15, 0.2) is 10.6 Å². The van der Waals surface area contributed by atoms with Gasteiger partial charge in [-0.15, -0.1) is 0 Å². The zero-order chi connectivity index (χ0) is 14.5. The molecule has 0 spiro atoms. The van der Waals surface area contributed by atoms with Crippen molar-refractivity contribution in [3.05, 3.63) is 17.5 Å². The van der Waals surface area contributed by atoms with Crippen LogP contribution in [0.3, 0.4) is 0 Å². The fourth-order valence-corrected chi connectivity index (χ4v) is 2.07. The first-order valence-electron chi connectivity index (χ1n) is 6.43. The van der Waals surface area contributed by atoms with Crippen molar-refractivity contribution in [1.29, 1.82) is 0 Å². The summed E-state index contributed by atoms with van der Waals surface area (Å²) in [4.78, 5) is 26.0. The minimum absolute atomic E-state index is 0.0206. The van der Waals surface area contributed by atoms with E-state index in [0.29, 0.717) is 38.5 Å². The van der Waals surface area contributed by atoms with Gasteiger partial charge in [0.1, 0.15) is 0 Å². The number of piperazine rings is 1. The van der Waals surface area contributed by atoms with Gasteiger partial charge in [-0.05, 0) is 6.92 Å². The second-order valence-electron chi connectivity index (χ2n) is 4.75. The van der Waals surface area contributed by atoms with Gasteiger partial charge in [-0.1, -0.05) is 5.16 Å². The Morgan fingerprint density at radius 3 is 2.65 bits per heavy atom. The van der Waals surface area contributed by atoms with Crippen molar-refractivity contribution in [2.24, 2.45) is 0 Å². The van der Waals surface area contributed by atoms with E-state index >= 15 is 0 Å². The molecule has 2 amide bonds. The summed E-state index contributed by atoms with van der Waals surface area (Å²) in [5.41, 5.74) is 0.775. The topological polar surface area (TPSA) is 98.9 Å². The number of rotatable bonds is 4. The number of aliphatic carboxylic acids is 1. The van der Waals surface area contributed by atoms with Crippen LogP contribution in [0.2, 0.25) is 0 Å². The summed E-state index contributed by atoms with van der Waals surface area (Å²) in [7, 11) is 0. The quantitative estimate of drug-likeness (QED) is 0.799. The third-order valence-corrected chi connectivity index (χ3v) is 3.11. The number of aryl methyl sites for hydroxylation is 1. The van der Waals surface area contributed by atoms with Crippen LogP contribution in [0, 0.1) is 6.92 Å². The van der Waals surface area contributed by atoms with Gasteiger partial charge in [0.2, 0.25) is 0 Å². The summed E-state index contributed by atoms with van der Waals surface area (Å²) in [6.07, 6.45) is 0. The van der Waals surface area contributed by atoms with E-state index in [-0.39, 0.29) is 12.6 Å². The fraction of sp³-hybridized carbons (Fsp3) is 0.583. The molecular weight excluding hydrogens is 264 g/mol. The molecule has 1 aliphatic heterocycles. The Morgan fingerprint density at radius 1 is 1.40 bits per heavy atom. The first-order valence-corrected chi connectivity index (χ1v) is 6.43. The molecule has 0 aliphatic carbocycles. The first kappa shape index (κ1) is 14.3. The normalized spacial score (nSPS) is 16.1. The van der Waals surface area contributed by atoms with Crippen molar-refractivity contribution in [3.8, 4) is 0 Å². The number of urea groups is 1. The highest BCUT2D eigenvalue weighted by Crippen LogP contribution is 2.04. The third kappa shape index (κ3) is 3.95. The van der Waals surface area contributed by atoms with Crippen molar-refractivity contribution in [2.75, 3.05) is 32.7 Å². The predicted molar refractivity (Wildman–Crippen MR) is 69.1 cm³/mol. The number of carbonyl (C=O) groups is 2. The van der Waals surface area contributed by atoms with Crippen molar-refractivity contribution in [2.45, 2.75) is 13.5 Å². The number of carboxylic acid groups (broad SMARTS) is 1. The molecule has 110 valence electrons. The molecule has 1 fully saturated rings. The Morgan fingerprint density at radius 2 is 2.10 bits per heavy atom. The third-order valence-electron chi connectivity index (χ3n) is 3.11. The van der Waals surface area contributed by atoms with Gasteiger partial charge in [-0.2, -0.15) is 0 Å². The van der Waals surface area contributed by atoms with E-state index < -0.39 is 5.97 Å². The van der Waals surface area contributed by atoms with E-state index in [2.05, 4.69) is 10.5 Å². The maximum absolute atomic E-state index is 11.9. The lowest BCUT2D eigenvalue weighted by molar-refractivity contribution is -0.138. The predicted octanol–water partition coefficient (Wildman–Crippen LogP) is -0.105. The summed E-state index contributed by atoms with van der Waals surface area (Å²) in [6.45, 7) is 4.32. The number of amides is 2. The summed E-state index contributed by atoms with van der Waals surface area (Å²) in [5, 5.41) is 15.2. The first-order chi connectivity index (χ1) is 9.54. The monoisotopic (exact) mass is 282 g/mol. The SMILES string of the molecule is Cc1cc(CNC(=O)N2CCN(CC(=O)O)CC2)on1. The molecule has 0 saturated carbocycles. The fourth-order valence-electron chi connectivity index (χ4n) is 2.07. The second kappa shape index (κ2) is 6.38. The van der Waals surface area contributed by atoms with E-state index in [0.717, 1.165) is 5.69 Å². The number of aromatic nitrogens is 1. The number of carboxylic acids is 1. The van der Waals surface area contributed by atoms with Crippen molar-refractivity contribution in [3.63, 3.8) is 0 Å². The van der Waals surface area contributed by atoms with Crippen molar-refractivity contribution >= 4 is 12.0 Å². The number of hydrogen-bond acceptors (Lipinski definition) is 5. The molecule has 0 radical (unpaired) electrons. The van der Waals surface area contributed by atoms with E-state index in [9.17, 15) is 9.59 Å². The zero-order valence-electron chi connectivity index (χ0n) is 11.3. The Kier molecular flexibility index (Phi) is 4.57. The summed E-state index contributed by atoms with van der Waals surface area (Å²) in [5.74, 6) is -0.232. The number of nitrogens with zero attached hydrogens (tertiary/aromatic N) is 3. The average Bonchev–Trinajstić information content (AvgIpc) is 2.82. The lowest BCUT2D eigenvalue weighted by atomic mass is 10.3. The molecular formula is C12H18N4O4. The van der Waals surface area contributed by atoms with Gasteiger partial charge in [0.25, 0.3) is 0 Å². The molecule has 8 nitrogen and oxygen atoms in total.